The van der Waals surface area contributed by atoms with Crippen molar-refractivity contribution in [2.24, 2.45) is 5.92 Å². The van der Waals surface area contributed by atoms with Crippen molar-refractivity contribution in [1.82, 2.24) is 10.2 Å². The molecule has 0 saturated carbocycles. The SMILES string of the molecule is CNCC1CCN(C(=O)c2cc(C(F)(F)F)ccc2F)CC1. The number of halogens is 4. The van der Waals surface area contributed by atoms with Crippen LogP contribution in [-0.2, 0) is 6.18 Å². The molecule has 0 radical (unpaired) electrons. The molecule has 3 nitrogen and oxygen atoms in total. The third-order valence-electron chi connectivity index (χ3n) is 3.92. The molecule has 0 unspecified atom stereocenters. The summed E-state index contributed by atoms with van der Waals surface area (Å²) in [5.41, 5.74) is -1.52. The first-order chi connectivity index (χ1) is 10.3. The Morgan fingerprint density at radius 1 is 1.32 bits per heavy atom. The van der Waals surface area contributed by atoms with Gasteiger partial charge in [0.2, 0.25) is 0 Å². The van der Waals surface area contributed by atoms with Gasteiger partial charge in [-0.2, -0.15) is 13.2 Å². The highest BCUT2D eigenvalue weighted by molar-refractivity contribution is 5.94. The summed E-state index contributed by atoms with van der Waals surface area (Å²) in [4.78, 5) is 13.7. The van der Waals surface area contributed by atoms with Crippen LogP contribution in [0.4, 0.5) is 17.6 Å². The number of hydrogen-bond donors (Lipinski definition) is 1. The minimum atomic E-state index is -4.59. The number of benzene rings is 1. The number of piperidine rings is 1. The zero-order valence-electron chi connectivity index (χ0n) is 12.2. The maximum atomic E-state index is 13.7. The fourth-order valence-corrected chi connectivity index (χ4v) is 2.66. The highest BCUT2D eigenvalue weighted by Gasteiger charge is 2.33. The maximum absolute atomic E-state index is 13.7. The van der Waals surface area contributed by atoms with Crippen molar-refractivity contribution < 1.29 is 22.4 Å². The molecule has 0 aliphatic carbocycles. The van der Waals surface area contributed by atoms with Crippen LogP contribution in [0.25, 0.3) is 0 Å². The molecule has 1 fully saturated rings. The lowest BCUT2D eigenvalue weighted by Crippen LogP contribution is -2.40. The normalized spacial score (nSPS) is 16.9. The molecular weight excluding hydrogens is 300 g/mol. The lowest BCUT2D eigenvalue weighted by molar-refractivity contribution is -0.137. The Kier molecular flexibility index (Phi) is 5.05. The summed E-state index contributed by atoms with van der Waals surface area (Å²) in [5, 5.41) is 3.06. The van der Waals surface area contributed by atoms with Gasteiger partial charge in [-0.15, -0.1) is 0 Å². The van der Waals surface area contributed by atoms with E-state index in [0.717, 1.165) is 19.4 Å². The predicted octanol–water partition coefficient (Wildman–Crippen LogP) is 2.92. The van der Waals surface area contributed by atoms with E-state index in [0.29, 0.717) is 37.2 Å². The van der Waals surface area contributed by atoms with Crippen molar-refractivity contribution >= 4 is 5.91 Å². The Hall–Kier alpha value is -1.63. The van der Waals surface area contributed by atoms with Gasteiger partial charge >= 0.3 is 6.18 Å². The van der Waals surface area contributed by atoms with Crippen LogP contribution in [0.3, 0.4) is 0 Å². The largest absolute Gasteiger partial charge is 0.416 e. The van der Waals surface area contributed by atoms with E-state index in [2.05, 4.69) is 5.32 Å². The van der Waals surface area contributed by atoms with Gasteiger partial charge in [-0.25, -0.2) is 4.39 Å². The molecule has 1 heterocycles. The Balaban J connectivity index is 2.13. The van der Waals surface area contributed by atoms with Crippen LogP contribution < -0.4 is 5.32 Å². The second-order valence-corrected chi connectivity index (χ2v) is 5.49. The van der Waals surface area contributed by atoms with Crippen LogP contribution >= 0.6 is 0 Å². The third-order valence-corrected chi connectivity index (χ3v) is 3.92. The lowest BCUT2D eigenvalue weighted by atomic mass is 9.96. The fraction of sp³-hybridized carbons (Fsp3) is 0.533. The molecule has 1 aromatic rings. The van der Waals surface area contributed by atoms with Gasteiger partial charge in [0.25, 0.3) is 5.91 Å². The molecular formula is C15H18F4N2O. The first-order valence-corrected chi connectivity index (χ1v) is 7.13. The maximum Gasteiger partial charge on any atom is 0.416 e. The number of rotatable bonds is 3. The summed E-state index contributed by atoms with van der Waals surface area (Å²) in [6.45, 7) is 1.70. The molecule has 7 heteroatoms. The highest BCUT2D eigenvalue weighted by atomic mass is 19.4. The van der Waals surface area contributed by atoms with Crippen LogP contribution in [0.15, 0.2) is 18.2 Å². The van der Waals surface area contributed by atoms with E-state index < -0.39 is 29.0 Å². The van der Waals surface area contributed by atoms with E-state index in [4.69, 9.17) is 0 Å². The average Bonchev–Trinajstić information content (AvgIpc) is 2.47. The molecule has 1 aliphatic heterocycles. The van der Waals surface area contributed by atoms with E-state index in [1.807, 2.05) is 7.05 Å². The Bertz CT molecular complexity index is 537. The van der Waals surface area contributed by atoms with E-state index in [9.17, 15) is 22.4 Å². The number of carbonyl (C=O) groups excluding carboxylic acids is 1. The smallest absolute Gasteiger partial charge is 0.339 e. The summed E-state index contributed by atoms with van der Waals surface area (Å²) in [5.74, 6) is -1.16. The Morgan fingerprint density at radius 3 is 2.50 bits per heavy atom. The van der Waals surface area contributed by atoms with Crippen LogP contribution in [0.2, 0.25) is 0 Å². The van der Waals surface area contributed by atoms with Gasteiger partial charge in [0.05, 0.1) is 11.1 Å². The first-order valence-electron chi connectivity index (χ1n) is 7.13. The number of likely N-dealkylation sites (tertiary alicyclic amines) is 1. The molecule has 1 aliphatic rings. The molecule has 22 heavy (non-hydrogen) atoms. The van der Waals surface area contributed by atoms with Gasteiger partial charge < -0.3 is 10.2 Å². The summed E-state index contributed by atoms with van der Waals surface area (Å²) in [7, 11) is 1.84. The van der Waals surface area contributed by atoms with Crippen molar-refractivity contribution in [3.8, 4) is 0 Å². The highest BCUT2D eigenvalue weighted by Crippen LogP contribution is 2.31. The van der Waals surface area contributed by atoms with Crippen molar-refractivity contribution in [3.05, 3.63) is 35.1 Å². The molecule has 0 aromatic heterocycles. The quantitative estimate of drug-likeness (QED) is 0.869. The third kappa shape index (κ3) is 3.76. The van der Waals surface area contributed by atoms with Gasteiger partial charge in [0.1, 0.15) is 5.82 Å². The molecule has 1 saturated heterocycles. The number of nitrogens with one attached hydrogen (secondary N) is 1. The first kappa shape index (κ1) is 16.7. The van der Waals surface area contributed by atoms with E-state index >= 15 is 0 Å². The van der Waals surface area contributed by atoms with Crippen molar-refractivity contribution in [1.29, 1.82) is 0 Å². The zero-order chi connectivity index (χ0) is 16.3. The number of amides is 1. The van der Waals surface area contributed by atoms with Gasteiger partial charge in [0, 0.05) is 13.1 Å². The second-order valence-electron chi connectivity index (χ2n) is 5.49. The van der Waals surface area contributed by atoms with E-state index in [1.54, 1.807) is 0 Å². The van der Waals surface area contributed by atoms with Gasteiger partial charge in [-0.3, -0.25) is 4.79 Å². The average molecular weight is 318 g/mol. The number of hydrogen-bond acceptors (Lipinski definition) is 2. The monoisotopic (exact) mass is 318 g/mol. The van der Waals surface area contributed by atoms with Gasteiger partial charge in [0.15, 0.2) is 0 Å². The molecule has 1 aromatic carbocycles. The molecule has 0 spiro atoms. The summed E-state index contributed by atoms with van der Waals surface area (Å²) in [6.07, 6.45) is -3.08. The zero-order valence-corrected chi connectivity index (χ0v) is 12.2. The number of nitrogens with zero attached hydrogens (tertiary/aromatic N) is 1. The van der Waals surface area contributed by atoms with Crippen LogP contribution in [0, 0.1) is 11.7 Å². The molecule has 122 valence electrons. The predicted molar refractivity (Wildman–Crippen MR) is 74.0 cm³/mol. The standard InChI is InChI=1S/C15H18F4N2O/c1-20-9-10-4-6-21(7-5-10)14(22)12-8-11(15(17,18)19)2-3-13(12)16/h2-3,8,10,20H,4-7,9H2,1H3. The Labute approximate surface area is 126 Å². The summed E-state index contributed by atoms with van der Waals surface area (Å²) >= 11 is 0. The lowest BCUT2D eigenvalue weighted by Gasteiger charge is -2.32. The van der Waals surface area contributed by atoms with Crippen molar-refractivity contribution in [2.75, 3.05) is 26.7 Å². The Morgan fingerprint density at radius 2 is 1.95 bits per heavy atom. The van der Waals surface area contributed by atoms with E-state index in [1.165, 1.54) is 4.90 Å². The topological polar surface area (TPSA) is 32.3 Å². The van der Waals surface area contributed by atoms with Crippen LogP contribution in [-0.4, -0.2) is 37.5 Å². The van der Waals surface area contributed by atoms with Crippen molar-refractivity contribution in [2.45, 2.75) is 19.0 Å². The number of carbonyl (C=O) groups is 1. The molecule has 0 bridgehead atoms. The van der Waals surface area contributed by atoms with E-state index in [-0.39, 0.29) is 0 Å². The fourth-order valence-electron chi connectivity index (χ4n) is 2.66. The van der Waals surface area contributed by atoms with Crippen LogP contribution in [0.5, 0.6) is 0 Å². The van der Waals surface area contributed by atoms with Gasteiger partial charge in [-0.05, 0) is 50.6 Å². The molecule has 2 rings (SSSR count). The van der Waals surface area contributed by atoms with Crippen molar-refractivity contribution in [3.63, 3.8) is 0 Å². The number of alkyl halides is 3. The van der Waals surface area contributed by atoms with Gasteiger partial charge in [-0.1, -0.05) is 0 Å². The minimum absolute atomic E-state index is 0.431. The summed E-state index contributed by atoms with van der Waals surface area (Å²) < 4.78 is 51.8. The van der Waals surface area contributed by atoms with Crippen LogP contribution in [0.1, 0.15) is 28.8 Å². The summed E-state index contributed by atoms with van der Waals surface area (Å²) in [6, 6.07) is 1.94. The minimum Gasteiger partial charge on any atom is -0.339 e. The molecule has 0 atom stereocenters. The molecule has 1 amide bonds. The molecule has 1 N–H and O–H groups in total. The second kappa shape index (κ2) is 6.64.